The molecule has 7 heteroatoms. The Morgan fingerprint density at radius 2 is 1.77 bits per heavy atom. The summed E-state index contributed by atoms with van der Waals surface area (Å²) in [6.45, 7) is 0. The fraction of sp³-hybridized carbons (Fsp3) is 0.211. The molecule has 6 nitrogen and oxygen atoms in total. The van der Waals surface area contributed by atoms with Crippen molar-refractivity contribution >= 4 is 34.4 Å². The van der Waals surface area contributed by atoms with Crippen molar-refractivity contribution in [2.24, 2.45) is 4.99 Å². The van der Waals surface area contributed by atoms with E-state index in [4.69, 9.17) is 4.74 Å². The van der Waals surface area contributed by atoms with E-state index in [0.29, 0.717) is 16.6 Å². The average Bonchev–Trinajstić information content (AvgIpc) is 2.98. The van der Waals surface area contributed by atoms with Crippen LogP contribution in [0.15, 0.2) is 59.6 Å². The first-order valence-electron chi connectivity index (χ1n) is 8.10. The van der Waals surface area contributed by atoms with Gasteiger partial charge in [0.2, 0.25) is 5.91 Å². The fourth-order valence-electron chi connectivity index (χ4n) is 2.32. The van der Waals surface area contributed by atoms with Crippen molar-refractivity contribution in [3.63, 3.8) is 0 Å². The number of thioether (sulfide) groups is 1. The second kappa shape index (κ2) is 8.05. The molecule has 0 saturated carbocycles. The summed E-state index contributed by atoms with van der Waals surface area (Å²) in [5.41, 5.74) is 0.652. The molecule has 2 aromatic carbocycles. The van der Waals surface area contributed by atoms with Gasteiger partial charge in [-0.1, -0.05) is 30.0 Å². The lowest BCUT2D eigenvalue weighted by molar-refractivity contribution is -0.121. The number of nitrogens with one attached hydrogen (secondary N) is 1. The van der Waals surface area contributed by atoms with E-state index in [2.05, 4.69) is 10.3 Å². The fourth-order valence-corrected chi connectivity index (χ4v) is 3.31. The van der Waals surface area contributed by atoms with Crippen LogP contribution in [0.2, 0.25) is 0 Å². The van der Waals surface area contributed by atoms with Crippen LogP contribution in [0.25, 0.3) is 0 Å². The Balaban J connectivity index is 1.53. The third-order valence-corrected chi connectivity index (χ3v) is 4.92. The number of aliphatic imine (C=N–C) groups is 1. The molecular weight excluding hydrogens is 350 g/mol. The standard InChI is InChI=1S/C19H19N3O3S/c1-22(2)19-21-18(24)16(26-19)12-17(23)20-13-8-10-15(11-9-13)25-14-6-4-3-5-7-14/h3-11,16H,12H2,1-2H3,(H,20,23). The minimum absolute atomic E-state index is 0.0899. The summed E-state index contributed by atoms with van der Waals surface area (Å²) in [5, 5.41) is 2.97. The summed E-state index contributed by atoms with van der Waals surface area (Å²) < 4.78 is 5.71. The minimum atomic E-state index is -0.465. The van der Waals surface area contributed by atoms with Crippen LogP contribution in [0, 0.1) is 0 Å². The molecule has 2 amide bonds. The Bertz CT molecular complexity index is 820. The lowest BCUT2D eigenvalue weighted by Gasteiger charge is -2.12. The Labute approximate surface area is 156 Å². The molecule has 134 valence electrons. The average molecular weight is 369 g/mol. The number of hydrogen-bond acceptors (Lipinski definition) is 5. The molecule has 1 atom stereocenters. The predicted molar refractivity (Wildman–Crippen MR) is 104 cm³/mol. The van der Waals surface area contributed by atoms with Gasteiger partial charge in [0, 0.05) is 26.2 Å². The van der Waals surface area contributed by atoms with Crippen LogP contribution in [0.5, 0.6) is 11.5 Å². The molecule has 0 radical (unpaired) electrons. The molecule has 0 aliphatic carbocycles. The molecule has 1 N–H and O–H groups in total. The molecule has 2 aromatic rings. The van der Waals surface area contributed by atoms with Crippen molar-refractivity contribution in [2.45, 2.75) is 11.7 Å². The first-order chi connectivity index (χ1) is 12.5. The van der Waals surface area contributed by atoms with Gasteiger partial charge < -0.3 is 15.0 Å². The molecule has 3 rings (SSSR count). The van der Waals surface area contributed by atoms with E-state index in [9.17, 15) is 9.59 Å². The summed E-state index contributed by atoms with van der Waals surface area (Å²) in [5.74, 6) is 0.945. The van der Waals surface area contributed by atoms with E-state index in [-0.39, 0.29) is 18.2 Å². The number of hydrogen-bond donors (Lipinski definition) is 1. The molecule has 1 aliphatic rings. The molecule has 26 heavy (non-hydrogen) atoms. The van der Waals surface area contributed by atoms with Gasteiger partial charge in [-0.15, -0.1) is 0 Å². The molecule has 1 heterocycles. The minimum Gasteiger partial charge on any atom is -0.457 e. The number of anilines is 1. The van der Waals surface area contributed by atoms with Gasteiger partial charge in [0.1, 0.15) is 16.7 Å². The normalized spacial score (nSPS) is 16.2. The zero-order valence-electron chi connectivity index (χ0n) is 14.5. The SMILES string of the molecule is CN(C)C1=NC(=O)C(CC(=O)Nc2ccc(Oc3ccccc3)cc2)S1. The van der Waals surface area contributed by atoms with Crippen LogP contribution < -0.4 is 10.1 Å². The number of rotatable bonds is 5. The monoisotopic (exact) mass is 369 g/mol. The number of amides is 2. The maximum Gasteiger partial charge on any atom is 0.262 e. The second-order valence-electron chi connectivity index (χ2n) is 5.93. The van der Waals surface area contributed by atoms with Gasteiger partial charge in [-0.25, -0.2) is 0 Å². The van der Waals surface area contributed by atoms with Gasteiger partial charge in [-0.05, 0) is 36.4 Å². The van der Waals surface area contributed by atoms with Crippen molar-refractivity contribution < 1.29 is 14.3 Å². The third kappa shape index (κ3) is 4.64. The van der Waals surface area contributed by atoms with E-state index in [1.165, 1.54) is 11.8 Å². The molecule has 0 fully saturated rings. The van der Waals surface area contributed by atoms with Crippen molar-refractivity contribution in [1.29, 1.82) is 0 Å². The first-order valence-corrected chi connectivity index (χ1v) is 8.98. The number of carbonyl (C=O) groups excluding carboxylic acids is 2. The zero-order valence-corrected chi connectivity index (χ0v) is 15.3. The van der Waals surface area contributed by atoms with Crippen LogP contribution in [0.3, 0.4) is 0 Å². The Hall–Kier alpha value is -2.80. The summed E-state index contributed by atoms with van der Waals surface area (Å²) in [6, 6.07) is 16.6. The van der Waals surface area contributed by atoms with Gasteiger partial charge in [0.25, 0.3) is 5.91 Å². The molecule has 1 unspecified atom stereocenters. The predicted octanol–water partition coefficient (Wildman–Crippen LogP) is 3.37. The lowest BCUT2D eigenvalue weighted by Crippen LogP contribution is -2.22. The van der Waals surface area contributed by atoms with Gasteiger partial charge in [-0.2, -0.15) is 4.99 Å². The summed E-state index contributed by atoms with van der Waals surface area (Å²) in [4.78, 5) is 29.8. The van der Waals surface area contributed by atoms with Crippen LogP contribution in [-0.4, -0.2) is 41.2 Å². The highest BCUT2D eigenvalue weighted by molar-refractivity contribution is 8.15. The molecule has 0 saturated heterocycles. The molecule has 0 spiro atoms. The number of nitrogens with zero attached hydrogens (tertiary/aromatic N) is 2. The number of ether oxygens (including phenoxy) is 1. The largest absolute Gasteiger partial charge is 0.457 e. The summed E-state index contributed by atoms with van der Waals surface area (Å²) >= 11 is 1.31. The highest BCUT2D eigenvalue weighted by Gasteiger charge is 2.31. The highest BCUT2D eigenvalue weighted by Crippen LogP contribution is 2.27. The van der Waals surface area contributed by atoms with Gasteiger partial charge in [-0.3, -0.25) is 9.59 Å². The quantitative estimate of drug-likeness (QED) is 0.875. The summed E-state index contributed by atoms with van der Waals surface area (Å²) in [7, 11) is 3.64. The number of carbonyl (C=O) groups is 2. The number of amidine groups is 1. The summed E-state index contributed by atoms with van der Waals surface area (Å²) in [6.07, 6.45) is 0.0899. The van der Waals surface area contributed by atoms with Gasteiger partial charge in [0.15, 0.2) is 5.17 Å². The van der Waals surface area contributed by atoms with Gasteiger partial charge >= 0.3 is 0 Å². The zero-order chi connectivity index (χ0) is 18.5. The van der Waals surface area contributed by atoms with Crippen molar-refractivity contribution in [1.82, 2.24) is 4.90 Å². The molecule has 1 aliphatic heterocycles. The Morgan fingerprint density at radius 1 is 1.12 bits per heavy atom. The van der Waals surface area contributed by atoms with Gasteiger partial charge in [0.05, 0.1) is 0 Å². The maximum atomic E-state index is 12.2. The van der Waals surface area contributed by atoms with Crippen LogP contribution in [0.4, 0.5) is 5.69 Å². The molecule has 0 bridgehead atoms. The van der Waals surface area contributed by atoms with Crippen molar-refractivity contribution in [3.05, 3.63) is 54.6 Å². The second-order valence-corrected chi connectivity index (χ2v) is 7.10. The van der Waals surface area contributed by atoms with E-state index in [1.807, 2.05) is 44.4 Å². The third-order valence-electron chi connectivity index (χ3n) is 3.60. The van der Waals surface area contributed by atoms with Crippen molar-refractivity contribution in [2.75, 3.05) is 19.4 Å². The number of para-hydroxylation sites is 1. The highest BCUT2D eigenvalue weighted by atomic mass is 32.2. The smallest absolute Gasteiger partial charge is 0.262 e. The molecule has 0 aromatic heterocycles. The van der Waals surface area contributed by atoms with E-state index >= 15 is 0 Å². The van der Waals surface area contributed by atoms with Crippen LogP contribution in [-0.2, 0) is 9.59 Å². The van der Waals surface area contributed by atoms with E-state index in [1.54, 1.807) is 29.2 Å². The topological polar surface area (TPSA) is 71.0 Å². The Kier molecular flexibility index (Phi) is 5.58. The van der Waals surface area contributed by atoms with Crippen LogP contribution >= 0.6 is 11.8 Å². The van der Waals surface area contributed by atoms with E-state index < -0.39 is 5.25 Å². The lowest BCUT2D eigenvalue weighted by atomic mass is 10.2. The Morgan fingerprint density at radius 3 is 2.38 bits per heavy atom. The first kappa shape index (κ1) is 18.0. The van der Waals surface area contributed by atoms with Crippen molar-refractivity contribution in [3.8, 4) is 11.5 Å². The maximum absolute atomic E-state index is 12.2. The number of benzene rings is 2. The van der Waals surface area contributed by atoms with Crippen LogP contribution in [0.1, 0.15) is 6.42 Å². The molecular formula is C19H19N3O3S. The van der Waals surface area contributed by atoms with E-state index in [0.717, 1.165) is 5.75 Å².